The van der Waals surface area contributed by atoms with Gasteiger partial charge in [-0.15, -0.1) is 0 Å². The van der Waals surface area contributed by atoms with Gasteiger partial charge in [-0.25, -0.2) is 4.39 Å². The van der Waals surface area contributed by atoms with Gasteiger partial charge in [0.2, 0.25) is 0 Å². The lowest BCUT2D eigenvalue weighted by molar-refractivity contribution is 0.615. The Bertz CT molecular complexity index is 538. The summed E-state index contributed by atoms with van der Waals surface area (Å²) in [5.41, 5.74) is 3.81. The van der Waals surface area contributed by atoms with E-state index in [0.717, 1.165) is 30.0 Å². The summed E-state index contributed by atoms with van der Waals surface area (Å²) in [7, 11) is 0. The van der Waals surface area contributed by atoms with E-state index >= 15 is 0 Å². The zero-order chi connectivity index (χ0) is 13.0. The van der Waals surface area contributed by atoms with Crippen LogP contribution in [0.15, 0.2) is 36.4 Å². The first-order valence-corrected chi connectivity index (χ1v) is 6.03. The van der Waals surface area contributed by atoms with Gasteiger partial charge in [-0.2, -0.15) is 0 Å². The number of benzene rings is 1. The molecule has 0 saturated carbocycles. The van der Waals surface area contributed by atoms with E-state index in [4.69, 9.17) is 0 Å². The molecule has 1 N–H and O–H groups in total. The van der Waals surface area contributed by atoms with Crippen molar-refractivity contribution in [1.82, 2.24) is 10.3 Å². The number of aromatic nitrogens is 1. The molecule has 18 heavy (non-hydrogen) atoms. The molecule has 0 bridgehead atoms. The highest BCUT2D eigenvalue weighted by Gasteiger charge is 1.99. The Labute approximate surface area is 107 Å². The average molecular weight is 244 g/mol. The maximum Gasteiger partial charge on any atom is 0.126 e. The third kappa shape index (κ3) is 3.37. The third-order valence-corrected chi connectivity index (χ3v) is 2.80. The predicted octanol–water partition coefficient (Wildman–Crippen LogP) is 3.13. The van der Waals surface area contributed by atoms with Crippen LogP contribution in [0.3, 0.4) is 0 Å². The zero-order valence-electron chi connectivity index (χ0n) is 10.7. The highest BCUT2D eigenvalue weighted by molar-refractivity contribution is 5.23. The minimum absolute atomic E-state index is 0.154. The smallest absolute Gasteiger partial charge is 0.126 e. The lowest BCUT2D eigenvalue weighted by Crippen LogP contribution is -2.14. The standard InChI is InChI=1S/C15H17FN2/c1-11-8-13(6-7-15(11)16)9-17-10-14-5-3-4-12(2)18-14/h3-8,17H,9-10H2,1-2H3. The molecule has 1 aromatic heterocycles. The SMILES string of the molecule is Cc1cccc(CNCc2ccc(F)c(C)c2)n1. The quantitative estimate of drug-likeness (QED) is 0.893. The van der Waals surface area contributed by atoms with Crippen molar-refractivity contribution in [2.24, 2.45) is 0 Å². The van der Waals surface area contributed by atoms with E-state index in [2.05, 4.69) is 10.3 Å². The van der Waals surface area contributed by atoms with Crippen molar-refractivity contribution >= 4 is 0 Å². The summed E-state index contributed by atoms with van der Waals surface area (Å²) < 4.78 is 13.1. The van der Waals surface area contributed by atoms with Crippen LogP contribution in [0.2, 0.25) is 0 Å². The molecule has 0 atom stereocenters. The van der Waals surface area contributed by atoms with Crippen molar-refractivity contribution in [3.63, 3.8) is 0 Å². The largest absolute Gasteiger partial charge is 0.307 e. The second-order valence-corrected chi connectivity index (χ2v) is 4.46. The van der Waals surface area contributed by atoms with E-state index in [1.54, 1.807) is 13.0 Å². The van der Waals surface area contributed by atoms with Gasteiger partial charge < -0.3 is 5.32 Å². The molecule has 0 aliphatic heterocycles. The summed E-state index contributed by atoms with van der Waals surface area (Å²) in [6.07, 6.45) is 0. The van der Waals surface area contributed by atoms with Gasteiger partial charge in [-0.3, -0.25) is 4.98 Å². The molecular formula is C15H17FN2. The van der Waals surface area contributed by atoms with E-state index in [1.807, 2.05) is 31.2 Å². The van der Waals surface area contributed by atoms with Crippen molar-refractivity contribution < 1.29 is 4.39 Å². The first-order chi connectivity index (χ1) is 8.65. The number of aryl methyl sites for hydroxylation is 2. The Morgan fingerprint density at radius 1 is 1.11 bits per heavy atom. The maximum atomic E-state index is 13.1. The lowest BCUT2D eigenvalue weighted by Gasteiger charge is -2.06. The molecule has 2 aromatic rings. The van der Waals surface area contributed by atoms with Crippen molar-refractivity contribution in [3.8, 4) is 0 Å². The molecule has 2 nitrogen and oxygen atoms in total. The van der Waals surface area contributed by atoms with Crippen molar-refractivity contribution in [3.05, 3.63) is 64.7 Å². The van der Waals surface area contributed by atoms with Crippen LogP contribution in [-0.4, -0.2) is 4.98 Å². The third-order valence-electron chi connectivity index (χ3n) is 2.80. The molecule has 0 spiro atoms. The van der Waals surface area contributed by atoms with Crippen LogP contribution < -0.4 is 5.32 Å². The van der Waals surface area contributed by atoms with Gasteiger partial charge in [-0.05, 0) is 43.2 Å². The Morgan fingerprint density at radius 2 is 1.94 bits per heavy atom. The number of rotatable bonds is 4. The van der Waals surface area contributed by atoms with E-state index < -0.39 is 0 Å². The molecule has 0 aliphatic carbocycles. The van der Waals surface area contributed by atoms with Crippen molar-refractivity contribution in [2.75, 3.05) is 0 Å². The number of hydrogen-bond acceptors (Lipinski definition) is 2. The average Bonchev–Trinajstić information content (AvgIpc) is 2.34. The molecule has 0 radical (unpaired) electrons. The number of nitrogens with zero attached hydrogens (tertiary/aromatic N) is 1. The van der Waals surface area contributed by atoms with Gasteiger partial charge in [0.25, 0.3) is 0 Å². The fourth-order valence-corrected chi connectivity index (χ4v) is 1.85. The summed E-state index contributed by atoms with van der Waals surface area (Å²) in [6.45, 7) is 5.20. The second kappa shape index (κ2) is 5.74. The van der Waals surface area contributed by atoms with E-state index in [1.165, 1.54) is 6.07 Å². The van der Waals surface area contributed by atoms with Crippen LogP contribution in [0.5, 0.6) is 0 Å². The topological polar surface area (TPSA) is 24.9 Å². The first-order valence-electron chi connectivity index (χ1n) is 6.03. The number of pyridine rings is 1. The van der Waals surface area contributed by atoms with E-state index in [0.29, 0.717) is 5.56 Å². The molecule has 0 aliphatic rings. The summed E-state index contributed by atoms with van der Waals surface area (Å²) in [5.74, 6) is -0.154. The number of halogens is 1. The van der Waals surface area contributed by atoms with Gasteiger partial charge in [0.1, 0.15) is 5.82 Å². The first kappa shape index (κ1) is 12.7. The molecule has 94 valence electrons. The van der Waals surface area contributed by atoms with Crippen molar-refractivity contribution in [1.29, 1.82) is 0 Å². The molecule has 0 fully saturated rings. The normalized spacial score (nSPS) is 10.6. The van der Waals surface area contributed by atoms with E-state index in [9.17, 15) is 4.39 Å². The van der Waals surface area contributed by atoms with Crippen molar-refractivity contribution in [2.45, 2.75) is 26.9 Å². The van der Waals surface area contributed by atoms with Crippen LogP contribution in [0.4, 0.5) is 4.39 Å². The predicted molar refractivity (Wildman–Crippen MR) is 70.7 cm³/mol. The monoisotopic (exact) mass is 244 g/mol. The Kier molecular flexibility index (Phi) is 4.05. The minimum atomic E-state index is -0.154. The Morgan fingerprint density at radius 3 is 2.67 bits per heavy atom. The van der Waals surface area contributed by atoms with Crippen LogP contribution >= 0.6 is 0 Å². The van der Waals surface area contributed by atoms with Gasteiger partial charge in [0.05, 0.1) is 5.69 Å². The Balaban J connectivity index is 1.90. The van der Waals surface area contributed by atoms with E-state index in [-0.39, 0.29) is 5.82 Å². The van der Waals surface area contributed by atoms with Crippen LogP contribution in [0, 0.1) is 19.7 Å². The van der Waals surface area contributed by atoms with Crippen LogP contribution in [0.1, 0.15) is 22.5 Å². The maximum absolute atomic E-state index is 13.1. The second-order valence-electron chi connectivity index (χ2n) is 4.46. The minimum Gasteiger partial charge on any atom is -0.307 e. The molecule has 0 unspecified atom stereocenters. The molecule has 1 aromatic carbocycles. The summed E-state index contributed by atoms with van der Waals surface area (Å²) >= 11 is 0. The highest BCUT2D eigenvalue weighted by Crippen LogP contribution is 2.09. The molecule has 0 saturated heterocycles. The highest BCUT2D eigenvalue weighted by atomic mass is 19.1. The van der Waals surface area contributed by atoms with Gasteiger partial charge in [0, 0.05) is 18.8 Å². The molecular weight excluding hydrogens is 227 g/mol. The fourth-order valence-electron chi connectivity index (χ4n) is 1.85. The summed E-state index contributed by atoms with van der Waals surface area (Å²) in [6, 6.07) is 11.2. The molecule has 0 amide bonds. The van der Waals surface area contributed by atoms with Crippen LogP contribution in [0.25, 0.3) is 0 Å². The molecule has 3 heteroatoms. The number of nitrogens with one attached hydrogen (secondary N) is 1. The van der Waals surface area contributed by atoms with Gasteiger partial charge in [-0.1, -0.05) is 18.2 Å². The summed E-state index contributed by atoms with van der Waals surface area (Å²) in [5, 5.41) is 3.31. The van der Waals surface area contributed by atoms with Gasteiger partial charge in [0.15, 0.2) is 0 Å². The Hall–Kier alpha value is -1.74. The number of hydrogen-bond donors (Lipinski definition) is 1. The molecule has 1 heterocycles. The lowest BCUT2D eigenvalue weighted by atomic mass is 10.1. The fraction of sp³-hybridized carbons (Fsp3) is 0.267. The van der Waals surface area contributed by atoms with Crippen LogP contribution in [-0.2, 0) is 13.1 Å². The van der Waals surface area contributed by atoms with Gasteiger partial charge >= 0.3 is 0 Å². The summed E-state index contributed by atoms with van der Waals surface area (Å²) in [4.78, 5) is 4.41. The molecule has 2 rings (SSSR count). The zero-order valence-corrected chi connectivity index (χ0v) is 10.7.